The van der Waals surface area contributed by atoms with Crippen LogP contribution in [0.1, 0.15) is 20.7 Å². The molecule has 0 aliphatic heterocycles. The highest BCUT2D eigenvalue weighted by Gasteiger charge is 2.16. The zero-order chi connectivity index (χ0) is 12.7. The Kier molecular flexibility index (Phi) is 4.68. The van der Waals surface area contributed by atoms with E-state index in [1.54, 1.807) is 0 Å². The normalized spacial score (nSPS) is 9.41. The summed E-state index contributed by atoms with van der Waals surface area (Å²) in [4.78, 5) is 32.1. The molecule has 0 saturated carbocycles. The molecule has 1 aromatic carbocycles. The Hall–Kier alpha value is -2.37. The molecule has 6 nitrogen and oxygen atoms in total. The number of ether oxygens (including phenoxy) is 2. The van der Waals surface area contributed by atoms with E-state index in [2.05, 4.69) is 4.74 Å². The van der Waals surface area contributed by atoms with E-state index in [0.717, 1.165) is 0 Å². The van der Waals surface area contributed by atoms with Gasteiger partial charge in [0, 0.05) is 0 Å². The Labute approximate surface area is 96.8 Å². The van der Waals surface area contributed by atoms with Gasteiger partial charge in [-0.1, -0.05) is 12.1 Å². The van der Waals surface area contributed by atoms with Crippen molar-refractivity contribution in [2.45, 2.75) is 0 Å². The molecule has 1 rings (SSSR count). The fourth-order valence-electron chi connectivity index (χ4n) is 1.16. The molecule has 0 spiro atoms. The highest BCUT2D eigenvalue weighted by atomic mass is 16.6. The second-order valence-electron chi connectivity index (χ2n) is 2.95. The van der Waals surface area contributed by atoms with Crippen LogP contribution in [0.25, 0.3) is 0 Å². The van der Waals surface area contributed by atoms with Crippen molar-refractivity contribution in [1.82, 2.24) is 0 Å². The van der Waals surface area contributed by atoms with Crippen molar-refractivity contribution >= 4 is 18.4 Å². The third-order valence-corrected chi connectivity index (χ3v) is 1.88. The standard InChI is InChI=1S/C11H10O6/c12-7-16-5-6-17-11(15)9-4-2-1-3-8(9)10(13)14/h1-4,7H,5-6H2,(H,13,14). The minimum atomic E-state index is -1.21. The van der Waals surface area contributed by atoms with Gasteiger partial charge in [-0.2, -0.15) is 0 Å². The van der Waals surface area contributed by atoms with Gasteiger partial charge >= 0.3 is 11.9 Å². The first-order chi connectivity index (χ1) is 8.16. The highest BCUT2D eigenvalue weighted by Crippen LogP contribution is 2.10. The van der Waals surface area contributed by atoms with E-state index in [0.29, 0.717) is 0 Å². The van der Waals surface area contributed by atoms with Gasteiger partial charge in [0.05, 0.1) is 11.1 Å². The van der Waals surface area contributed by atoms with E-state index in [-0.39, 0.29) is 30.8 Å². The summed E-state index contributed by atoms with van der Waals surface area (Å²) in [6.45, 7) is 0.0506. The summed E-state index contributed by atoms with van der Waals surface area (Å²) in [5.74, 6) is -1.97. The number of benzene rings is 1. The molecule has 0 aromatic heterocycles. The van der Waals surface area contributed by atoms with E-state index in [4.69, 9.17) is 9.84 Å². The van der Waals surface area contributed by atoms with Crippen molar-refractivity contribution in [2.24, 2.45) is 0 Å². The van der Waals surface area contributed by atoms with E-state index in [1.807, 2.05) is 0 Å². The van der Waals surface area contributed by atoms with Crippen LogP contribution in [0.3, 0.4) is 0 Å². The summed E-state index contributed by atoms with van der Waals surface area (Å²) in [6.07, 6.45) is 0. The first kappa shape index (κ1) is 12.7. The van der Waals surface area contributed by atoms with Crippen molar-refractivity contribution in [3.63, 3.8) is 0 Å². The van der Waals surface area contributed by atoms with E-state index < -0.39 is 11.9 Å². The smallest absolute Gasteiger partial charge is 0.339 e. The van der Waals surface area contributed by atoms with E-state index in [9.17, 15) is 14.4 Å². The van der Waals surface area contributed by atoms with Crippen LogP contribution in [0.2, 0.25) is 0 Å². The van der Waals surface area contributed by atoms with Crippen LogP contribution in [-0.4, -0.2) is 36.7 Å². The maximum absolute atomic E-state index is 11.5. The van der Waals surface area contributed by atoms with E-state index in [1.165, 1.54) is 24.3 Å². The molecule has 0 bridgehead atoms. The van der Waals surface area contributed by atoms with Gasteiger partial charge < -0.3 is 14.6 Å². The average molecular weight is 238 g/mol. The molecular weight excluding hydrogens is 228 g/mol. The Bertz CT molecular complexity index is 426. The monoisotopic (exact) mass is 238 g/mol. The van der Waals surface area contributed by atoms with Gasteiger partial charge in [-0.25, -0.2) is 9.59 Å². The second kappa shape index (κ2) is 6.26. The largest absolute Gasteiger partial charge is 0.478 e. The lowest BCUT2D eigenvalue weighted by Crippen LogP contribution is -2.14. The number of aromatic carboxylic acids is 1. The summed E-state index contributed by atoms with van der Waals surface area (Å²) >= 11 is 0. The maximum Gasteiger partial charge on any atom is 0.339 e. The number of carboxylic acids is 1. The van der Waals surface area contributed by atoms with Crippen LogP contribution in [-0.2, 0) is 14.3 Å². The van der Waals surface area contributed by atoms with Gasteiger partial charge in [0.2, 0.25) is 0 Å². The number of esters is 1. The number of carbonyl (C=O) groups is 3. The lowest BCUT2D eigenvalue weighted by molar-refractivity contribution is -0.129. The van der Waals surface area contributed by atoms with Crippen molar-refractivity contribution in [2.75, 3.05) is 13.2 Å². The molecule has 1 aromatic rings. The molecule has 6 heteroatoms. The summed E-state index contributed by atoms with van der Waals surface area (Å²) < 4.78 is 9.06. The first-order valence-corrected chi connectivity index (χ1v) is 4.71. The molecule has 0 aliphatic carbocycles. The molecule has 1 N–H and O–H groups in total. The molecule has 0 saturated heterocycles. The SMILES string of the molecule is O=COCCOC(=O)c1ccccc1C(=O)O. The number of carbonyl (C=O) groups excluding carboxylic acids is 2. The predicted molar refractivity (Wildman–Crippen MR) is 55.7 cm³/mol. The molecular formula is C11H10O6. The molecule has 0 atom stereocenters. The summed E-state index contributed by atoms with van der Waals surface area (Å²) in [5, 5.41) is 8.85. The number of rotatable bonds is 6. The minimum absolute atomic E-state index is 0.0360. The molecule has 0 radical (unpaired) electrons. The Balaban J connectivity index is 2.68. The highest BCUT2D eigenvalue weighted by molar-refractivity contribution is 6.02. The van der Waals surface area contributed by atoms with Crippen LogP contribution >= 0.6 is 0 Å². The van der Waals surface area contributed by atoms with Crippen LogP contribution in [0.4, 0.5) is 0 Å². The Morgan fingerprint density at radius 3 is 2.41 bits per heavy atom. The first-order valence-electron chi connectivity index (χ1n) is 4.71. The third kappa shape index (κ3) is 3.60. The predicted octanol–water partition coefficient (Wildman–Crippen LogP) is 0.715. The molecule has 0 amide bonds. The Morgan fingerprint density at radius 1 is 1.18 bits per heavy atom. The zero-order valence-corrected chi connectivity index (χ0v) is 8.79. The maximum atomic E-state index is 11.5. The van der Waals surface area contributed by atoms with Gasteiger partial charge in [0.25, 0.3) is 6.47 Å². The van der Waals surface area contributed by atoms with Crippen LogP contribution in [0.15, 0.2) is 24.3 Å². The number of hydrogen-bond donors (Lipinski definition) is 1. The quantitative estimate of drug-likeness (QED) is 0.446. The minimum Gasteiger partial charge on any atom is -0.478 e. The fourth-order valence-corrected chi connectivity index (χ4v) is 1.16. The molecule has 0 heterocycles. The molecule has 0 fully saturated rings. The lowest BCUT2D eigenvalue weighted by atomic mass is 10.1. The fraction of sp³-hybridized carbons (Fsp3) is 0.182. The molecule has 17 heavy (non-hydrogen) atoms. The number of carboxylic acid groups (broad SMARTS) is 1. The van der Waals surface area contributed by atoms with Crippen LogP contribution in [0.5, 0.6) is 0 Å². The topological polar surface area (TPSA) is 89.9 Å². The molecule has 0 unspecified atom stereocenters. The lowest BCUT2D eigenvalue weighted by Gasteiger charge is -2.06. The van der Waals surface area contributed by atoms with Crippen molar-refractivity contribution in [1.29, 1.82) is 0 Å². The van der Waals surface area contributed by atoms with Crippen molar-refractivity contribution in [3.8, 4) is 0 Å². The zero-order valence-electron chi connectivity index (χ0n) is 8.79. The van der Waals surface area contributed by atoms with Crippen LogP contribution in [0, 0.1) is 0 Å². The van der Waals surface area contributed by atoms with Gasteiger partial charge in [-0.15, -0.1) is 0 Å². The van der Waals surface area contributed by atoms with Crippen LogP contribution < -0.4 is 0 Å². The number of hydrogen-bond acceptors (Lipinski definition) is 5. The van der Waals surface area contributed by atoms with Crippen molar-refractivity contribution < 1.29 is 29.0 Å². The summed E-state index contributed by atoms with van der Waals surface area (Å²) in [6, 6.07) is 5.70. The third-order valence-electron chi connectivity index (χ3n) is 1.88. The summed E-state index contributed by atoms with van der Waals surface area (Å²) in [7, 11) is 0. The van der Waals surface area contributed by atoms with Gasteiger partial charge in [0.1, 0.15) is 13.2 Å². The summed E-state index contributed by atoms with van der Waals surface area (Å²) in [5.41, 5.74) is -0.167. The van der Waals surface area contributed by atoms with E-state index >= 15 is 0 Å². The Morgan fingerprint density at radius 2 is 1.82 bits per heavy atom. The molecule has 90 valence electrons. The van der Waals surface area contributed by atoms with Gasteiger partial charge in [-0.3, -0.25) is 4.79 Å². The van der Waals surface area contributed by atoms with Gasteiger partial charge in [0.15, 0.2) is 0 Å². The second-order valence-corrected chi connectivity index (χ2v) is 2.95. The van der Waals surface area contributed by atoms with Crippen molar-refractivity contribution in [3.05, 3.63) is 35.4 Å². The molecule has 0 aliphatic rings. The average Bonchev–Trinajstić information content (AvgIpc) is 2.34. The van der Waals surface area contributed by atoms with Gasteiger partial charge in [-0.05, 0) is 12.1 Å².